The molecule has 0 radical (unpaired) electrons. The lowest BCUT2D eigenvalue weighted by Gasteiger charge is -2.13. The minimum Gasteiger partial charge on any atom is -0.609 e. The summed E-state index contributed by atoms with van der Waals surface area (Å²) in [6.45, 7) is 3.66. The second-order valence-electron chi connectivity index (χ2n) is 5.41. The molecule has 1 unspecified atom stereocenters. The zero-order valence-corrected chi connectivity index (χ0v) is 14.5. The molecule has 1 atom stereocenters. The van der Waals surface area contributed by atoms with Gasteiger partial charge >= 0.3 is 5.16 Å². The van der Waals surface area contributed by atoms with Crippen LogP contribution in [-0.2, 0) is 23.5 Å². The van der Waals surface area contributed by atoms with E-state index < -0.39 is 11.2 Å². The topological polar surface area (TPSA) is 107 Å². The summed E-state index contributed by atoms with van der Waals surface area (Å²) in [5.74, 6) is 0.991. The number of aromatic amines is 1. The Morgan fingerprint density at radius 1 is 1.29 bits per heavy atom. The number of H-pyrrole nitrogens is 1. The second-order valence-corrected chi connectivity index (χ2v) is 6.78. The molecule has 3 heterocycles. The normalized spacial score (nSPS) is 12.5. The van der Waals surface area contributed by atoms with Crippen molar-refractivity contribution in [3.8, 4) is 5.75 Å². The van der Waals surface area contributed by atoms with Gasteiger partial charge in [-0.2, -0.15) is 4.98 Å². The number of aliphatic hydroxyl groups excluding tert-OH is 1. The van der Waals surface area contributed by atoms with Crippen molar-refractivity contribution in [1.82, 2.24) is 19.9 Å². The van der Waals surface area contributed by atoms with E-state index in [9.17, 15) is 4.55 Å². The Kier molecular flexibility index (Phi) is 4.70. The van der Waals surface area contributed by atoms with Crippen LogP contribution in [0, 0.1) is 13.8 Å². The summed E-state index contributed by atoms with van der Waals surface area (Å²) < 4.78 is 18.0. The van der Waals surface area contributed by atoms with Gasteiger partial charge in [0, 0.05) is 28.5 Å². The number of rotatable bonds is 5. The van der Waals surface area contributed by atoms with Crippen LogP contribution in [0.2, 0.25) is 0 Å². The molecule has 0 saturated carbocycles. The molecule has 0 amide bonds. The van der Waals surface area contributed by atoms with E-state index in [4.69, 9.17) is 9.84 Å². The van der Waals surface area contributed by atoms with Gasteiger partial charge in [-0.1, -0.05) is 0 Å². The Labute approximate surface area is 142 Å². The van der Waals surface area contributed by atoms with E-state index in [0.717, 1.165) is 16.9 Å². The number of nitrogens with zero attached hydrogens (tertiary/aromatic N) is 3. The van der Waals surface area contributed by atoms with Crippen LogP contribution in [0.15, 0.2) is 23.5 Å². The van der Waals surface area contributed by atoms with Crippen LogP contribution in [0.25, 0.3) is 11.2 Å². The molecule has 0 bridgehead atoms. The van der Waals surface area contributed by atoms with Gasteiger partial charge in [-0.05, 0) is 26.0 Å². The van der Waals surface area contributed by atoms with Crippen LogP contribution in [0.1, 0.15) is 22.5 Å². The minimum atomic E-state index is -1.39. The molecule has 24 heavy (non-hydrogen) atoms. The van der Waals surface area contributed by atoms with Crippen LogP contribution in [0.4, 0.5) is 0 Å². The zero-order chi connectivity index (χ0) is 17.3. The summed E-state index contributed by atoms with van der Waals surface area (Å²) in [5.41, 5.74) is 4.17. The summed E-state index contributed by atoms with van der Waals surface area (Å²) in [6.07, 6.45) is 1.71. The van der Waals surface area contributed by atoms with E-state index in [1.165, 1.54) is 0 Å². The van der Waals surface area contributed by atoms with Crippen molar-refractivity contribution < 1.29 is 14.4 Å². The summed E-state index contributed by atoms with van der Waals surface area (Å²) in [4.78, 5) is 15.8. The average Bonchev–Trinajstić information content (AvgIpc) is 3.01. The number of hydrogen-bond acceptors (Lipinski definition) is 6. The number of aryl methyl sites for hydroxylation is 1. The molecule has 2 N–H and O–H groups in total. The van der Waals surface area contributed by atoms with Gasteiger partial charge in [0.2, 0.25) is 0 Å². The number of fused-ring (bicyclic) bond motifs is 1. The summed E-state index contributed by atoms with van der Waals surface area (Å²) in [6, 6.07) is 3.46. The Bertz CT molecular complexity index is 881. The first kappa shape index (κ1) is 16.7. The molecule has 7 nitrogen and oxygen atoms in total. The van der Waals surface area contributed by atoms with Crippen LogP contribution < -0.4 is 4.74 Å². The number of pyridine rings is 2. The van der Waals surface area contributed by atoms with Crippen molar-refractivity contribution in [2.24, 2.45) is 0 Å². The number of imidazole rings is 1. The fourth-order valence-corrected chi connectivity index (χ4v) is 3.60. The number of hydrogen-bond donors (Lipinski definition) is 2. The number of ether oxygens (including phenoxy) is 1. The van der Waals surface area contributed by atoms with Crippen molar-refractivity contribution in [1.29, 1.82) is 0 Å². The molecule has 0 spiro atoms. The third-order valence-corrected chi connectivity index (χ3v) is 4.94. The molecule has 8 heteroatoms. The summed E-state index contributed by atoms with van der Waals surface area (Å²) in [7, 11) is 1.61. The standard InChI is InChI=1S/C16H18N4O3S/c1-9-6-17-13(10(2)14(9)23-3)8-24(22)16-19-12-5-4-11(7-21)18-15(12)20-16/h4-6,21H,7-8H2,1-3H3,(H,18,19,20). The van der Waals surface area contributed by atoms with E-state index in [2.05, 4.69) is 19.9 Å². The zero-order valence-electron chi connectivity index (χ0n) is 13.7. The summed E-state index contributed by atoms with van der Waals surface area (Å²) >= 11 is -1.39. The van der Waals surface area contributed by atoms with Crippen molar-refractivity contribution in [2.45, 2.75) is 31.4 Å². The molecule has 0 aliphatic heterocycles. The van der Waals surface area contributed by atoms with Gasteiger partial charge < -0.3 is 14.4 Å². The van der Waals surface area contributed by atoms with E-state index in [1.54, 1.807) is 25.4 Å². The molecular weight excluding hydrogens is 328 g/mol. The van der Waals surface area contributed by atoms with Crippen LogP contribution in [0.3, 0.4) is 0 Å². The molecular formula is C16H18N4O3S. The Balaban J connectivity index is 1.88. The predicted octanol–water partition coefficient (Wildman–Crippen LogP) is 1.78. The Hall–Kier alpha value is -2.16. The minimum absolute atomic E-state index is 0.159. The third-order valence-electron chi connectivity index (χ3n) is 3.78. The van der Waals surface area contributed by atoms with Gasteiger partial charge in [-0.3, -0.25) is 9.97 Å². The highest BCUT2D eigenvalue weighted by molar-refractivity contribution is 7.90. The van der Waals surface area contributed by atoms with Crippen LogP contribution in [0.5, 0.6) is 5.75 Å². The largest absolute Gasteiger partial charge is 0.609 e. The first-order valence-corrected chi connectivity index (χ1v) is 8.69. The molecule has 0 aliphatic rings. The maximum atomic E-state index is 12.6. The van der Waals surface area contributed by atoms with E-state index >= 15 is 0 Å². The van der Waals surface area contributed by atoms with Crippen molar-refractivity contribution in [2.75, 3.05) is 7.11 Å². The monoisotopic (exact) mass is 346 g/mol. The quantitative estimate of drug-likeness (QED) is 0.682. The fraction of sp³-hybridized carbons (Fsp3) is 0.312. The third kappa shape index (κ3) is 3.08. The fourth-order valence-electron chi connectivity index (χ4n) is 2.51. The van der Waals surface area contributed by atoms with Crippen LogP contribution in [-0.4, -0.2) is 36.7 Å². The van der Waals surface area contributed by atoms with Gasteiger partial charge in [0.05, 0.1) is 30.6 Å². The molecule has 0 fully saturated rings. The van der Waals surface area contributed by atoms with Crippen molar-refractivity contribution >= 4 is 22.3 Å². The van der Waals surface area contributed by atoms with E-state index in [1.807, 2.05) is 13.8 Å². The number of nitrogens with one attached hydrogen (secondary N) is 1. The van der Waals surface area contributed by atoms with E-state index in [0.29, 0.717) is 27.7 Å². The molecule has 0 saturated heterocycles. The van der Waals surface area contributed by atoms with Gasteiger partial charge in [0.15, 0.2) is 11.4 Å². The van der Waals surface area contributed by atoms with Gasteiger partial charge in [0.25, 0.3) is 0 Å². The molecule has 126 valence electrons. The molecule has 3 rings (SSSR count). The predicted molar refractivity (Wildman–Crippen MR) is 90.2 cm³/mol. The summed E-state index contributed by atoms with van der Waals surface area (Å²) in [5, 5.41) is 9.47. The lowest BCUT2D eigenvalue weighted by molar-refractivity contribution is 0.277. The number of aromatic nitrogens is 4. The molecule has 3 aromatic heterocycles. The maximum Gasteiger partial charge on any atom is 0.323 e. The van der Waals surface area contributed by atoms with Gasteiger partial charge in [-0.25, -0.2) is 4.98 Å². The first-order chi connectivity index (χ1) is 11.5. The highest BCUT2D eigenvalue weighted by Gasteiger charge is 2.21. The molecule has 0 aliphatic carbocycles. The Morgan fingerprint density at radius 2 is 2.08 bits per heavy atom. The lowest BCUT2D eigenvalue weighted by Crippen LogP contribution is -2.10. The highest BCUT2D eigenvalue weighted by Crippen LogP contribution is 2.26. The number of methoxy groups -OCH3 is 1. The molecule has 0 aromatic carbocycles. The maximum absolute atomic E-state index is 12.6. The number of aliphatic hydroxyl groups is 1. The SMILES string of the molecule is COc1c(C)cnc(C[S+]([O-])c2nc3nc(CO)ccc3[nH]2)c1C. The van der Waals surface area contributed by atoms with E-state index in [-0.39, 0.29) is 12.4 Å². The van der Waals surface area contributed by atoms with Crippen molar-refractivity contribution in [3.05, 3.63) is 40.8 Å². The van der Waals surface area contributed by atoms with Crippen molar-refractivity contribution in [3.63, 3.8) is 0 Å². The van der Waals surface area contributed by atoms with Crippen LogP contribution >= 0.6 is 0 Å². The second kappa shape index (κ2) is 6.76. The molecule has 3 aromatic rings. The average molecular weight is 346 g/mol. The highest BCUT2D eigenvalue weighted by atomic mass is 32.2. The smallest absolute Gasteiger partial charge is 0.323 e. The van der Waals surface area contributed by atoms with Gasteiger partial charge in [0.1, 0.15) is 5.75 Å². The Morgan fingerprint density at radius 3 is 2.79 bits per heavy atom. The first-order valence-electron chi connectivity index (χ1n) is 7.37. The van der Waals surface area contributed by atoms with Gasteiger partial charge in [-0.15, -0.1) is 0 Å². The lowest BCUT2D eigenvalue weighted by atomic mass is 10.1.